The molecular weight excluding hydrogens is 302 g/mol. The number of nitrogens with two attached hydrogens (primary N) is 1. The van der Waals surface area contributed by atoms with Gasteiger partial charge >= 0.3 is 0 Å². The van der Waals surface area contributed by atoms with Crippen LogP contribution in [-0.2, 0) is 0 Å². The first-order chi connectivity index (χ1) is 11.6. The van der Waals surface area contributed by atoms with Crippen molar-refractivity contribution in [1.82, 2.24) is 0 Å². The van der Waals surface area contributed by atoms with E-state index in [0.717, 1.165) is 0 Å². The van der Waals surface area contributed by atoms with Crippen LogP contribution in [0.5, 0.6) is 0 Å². The molecule has 0 aliphatic heterocycles. The average Bonchev–Trinajstić information content (AvgIpc) is 2.51. The highest BCUT2D eigenvalue weighted by Gasteiger charge is 2.12. The fraction of sp³-hybridized carbons (Fsp3) is 0.417. The maximum atomic E-state index is 5.28. The summed E-state index contributed by atoms with van der Waals surface area (Å²) in [7, 11) is 0. The van der Waals surface area contributed by atoms with Gasteiger partial charge < -0.3 is 5.73 Å². The number of allylic oxidation sites excluding steroid dienone is 7. The van der Waals surface area contributed by atoms with Crippen molar-refractivity contribution in [2.75, 3.05) is 0 Å². The fourth-order valence-corrected chi connectivity index (χ4v) is 2.49. The number of rotatable bonds is 4. The SMILES string of the molecule is C/C=C(\C=C/N)C(C)(C)C.C/C=C\C(=C/C(C)C)c1cccc(C)c1. The molecule has 0 aliphatic carbocycles. The van der Waals surface area contributed by atoms with Crippen LogP contribution in [0.25, 0.3) is 5.57 Å². The minimum absolute atomic E-state index is 0.213. The summed E-state index contributed by atoms with van der Waals surface area (Å²) in [5.74, 6) is 0.580. The second-order valence-electron chi connectivity index (χ2n) is 7.59. The van der Waals surface area contributed by atoms with Crippen LogP contribution in [0.1, 0.15) is 59.6 Å². The third kappa shape index (κ3) is 9.76. The summed E-state index contributed by atoms with van der Waals surface area (Å²) >= 11 is 0. The van der Waals surface area contributed by atoms with Gasteiger partial charge in [0.1, 0.15) is 0 Å². The minimum atomic E-state index is 0.213. The molecule has 0 aromatic heterocycles. The maximum Gasteiger partial charge on any atom is -0.00595 e. The molecule has 0 unspecified atom stereocenters. The van der Waals surface area contributed by atoms with Crippen molar-refractivity contribution in [2.24, 2.45) is 17.1 Å². The Hall–Kier alpha value is -2.02. The molecule has 25 heavy (non-hydrogen) atoms. The van der Waals surface area contributed by atoms with E-state index < -0.39 is 0 Å². The van der Waals surface area contributed by atoms with Crippen LogP contribution in [0.4, 0.5) is 0 Å². The maximum absolute atomic E-state index is 5.28. The molecule has 1 heteroatoms. The van der Waals surface area contributed by atoms with Gasteiger partial charge in [-0.05, 0) is 61.1 Å². The number of aryl methyl sites for hydroxylation is 1. The van der Waals surface area contributed by atoms with E-state index in [2.05, 4.69) is 97.0 Å². The Morgan fingerprint density at radius 1 is 1.08 bits per heavy atom. The monoisotopic (exact) mass is 339 g/mol. The highest BCUT2D eigenvalue weighted by Crippen LogP contribution is 2.25. The summed E-state index contributed by atoms with van der Waals surface area (Å²) in [5, 5.41) is 0. The predicted octanol–water partition coefficient (Wildman–Crippen LogP) is 7.06. The zero-order valence-electron chi connectivity index (χ0n) is 17.4. The second-order valence-corrected chi connectivity index (χ2v) is 7.59. The molecule has 2 N–H and O–H groups in total. The summed E-state index contributed by atoms with van der Waals surface area (Å²) in [6.45, 7) is 17.1. The molecule has 0 amide bonds. The summed E-state index contributed by atoms with van der Waals surface area (Å²) in [6.07, 6.45) is 12.2. The van der Waals surface area contributed by atoms with Gasteiger partial charge in [0, 0.05) is 0 Å². The molecular formula is C24H37N. The summed E-state index contributed by atoms with van der Waals surface area (Å²) < 4.78 is 0. The second kappa shape index (κ2) is 11.5. The van der Waals surface area contributed by atoms with E-state index in [1.54, 1.807) is 6.20 Å². The molecule has 0 heterocycles. The third-order valence-electron chi connectivity index (χ3n) is 3.66. The first-order valence-electron chi connectivity index (χ1n) is 9.12. The lowest BCUT2D eigenvalue weighted by Crippen LogP contribution is -2.07. The van der Waals surface area contributed by atoms with Crippen molar-refractivity contribution in [1.29, 1.82) is 0 Å². The molecule has 0 bridgehead atoms. The van der Waals surface area contributed by atoms with Gasteiger partial charge in [-0.25, -0.2) is 0 Å². The van der Waals surface area contributed by atoms with Crippen molar-refractivity contribution in [2.45, 2.75) is 55.4 Å². The van der Waals surface area contributed by atoms with E-state index >= 15 is 0 Å². The van der Waals surface area contributed by atoms with E-state index in [1.165, 1.54) is 22.3 Å². The topological polar surface area (TPSA) is 26.0 Å². The average molecular weight is 340 g/mol. The first-order valence-corrected chi connectivity index (χ1v) is 9.12. The Kier molecular flexibility index (Phi) is 10.6. The van der Waals surface area contributed by atoms with Gasteiger partial charge in [0.15, 0.2) is 0 Å². The van der Waals surface area contributed by atoms with Gasteiger partial charge in [0.25, 0.3) is 0 Å². The van der Waals surface area contributed by atoms with Crippen molar-refractivity contribution < 1.29 is 0 Å². The molecule has 1 aromatic carbocycles. The van der Waals surface area contributed by atoms with Crippen LogP contribution in [0, 0.1) is 18.3 Å². The Balaban J connectivity index is 0.000000504. The Morgan fingerprint density at radius 3 is 2.08 bits per heavy atom. The Morgan fingerprint density at radius 2 is 1.72 bits per heavy atom. The molecule has 0 atom stereocenters. The van der Waals surface area contributed by atoms with Gasteiger partial charge in [-0.2, -0.15) is 0 Å². The van der Waals surface area contributed by atoms with Crippen LogP contribution in [0.3, 0.4) is 0 Å². The molecule has 1 aromatic rings. The van der Waals surface area contributed by atoms with Crippen LogP contribution in [0.2, 0.25) is 0 Å². The van der Waals surface area contributed by atoms with Crippen LogP contribution in [0.15, 0.2) is 66.4 Å². The molecule has 0 aliphatic rings. The number of benzene rings is 1. The van der Waals surface area contributed by atoms with Crippen molar-refractivity contribution >= 4 is 5.57 Å². The lowest BCUT2D eigenvalue weighted by atomic mass is 9.86. The summed E-state index contributed by atoms with van der Waals surface area (Å²) in [6, 6.07) is 8.64. The van der Waals surface area contributed by atoms with Crippen LogP contribution < -0.4 is 5.73 Å². The van der Waals surface area contributed by atoms with E-state index in [1.807, 2.05) is 13.0 Å². The molecule has 0 spiro atoms. The minimum Gasteiger partial charge on any atom is -0.405 e. The number of hydrogen-bond donors (Lipinski definition) is 1. The molecule has 0 radical (unpaired) electrons. The lowest BCUT2D eigenvalue weighted by molar-refractivity contribution is 0.516. The van der Waals surface area contributed by atoms with E-state index in [-0.39, 0.29) is 5.41 Å². The van der Waals surface area contributed by atoms with Crippen molar-refractivity contribution in [3.05, 3.63) is 77.5 Å². The summed E-state index contributed by atoms with van der Waals surface area (Å²) in [5.41, 5.74) is 10.7. The highest BCUT2D eigenvalue weighted by atomic mass is 14.5. The molecule has 1 nitrogen and oxygen atoms in total. The number of hydrogen-bond acceptors (Lipinski definition) is 1. The van der Waals surface area contributed by atoms with Crippen molar-refractivity contribution in [3.8, 4) is 0 Å². The molecule has 0 fully saturated rings. The molecule has 1 rings (SSSR count). The largest absolute Gasteiger partial charge is 0.405 e. The quantitative estimate of drug-likeness (QED) is 0.584. The summed E-state index contributed by atoms with van der Waals surface area (Å²) in [4.78, 5) is 0. The molecule has 138 valence electrons. The van der Waals surface area contributed by atoms with E-state index in [9.17, 15) is 0 Å². The molecule has 0 saturated heterocycles. The van der Waals surface area contributed by atoms with Gasteiger partial charge in [-0.1, -0.05) is 88.8 Å². The Bertz CT molecular complexity index is 620. The van der Waals surface area contributed by atoms with Gasteiger partial charge in [0.2, 0.25) is 0 Å². The van der Waals surface area contributed by atoms with Gasteiger partial charge in [0.05, 0.1) is 0 Å². The first kappa shape index (κ1) is 23.0. The zero-order valence-corrected chi connectivity index (χ0v) is 17.4. The third-order valence-corrected chi connectivity index (χ3v) is 3.66. The van der Waals surface area contributed by atoms with E-state index in [4.69, 9.17) is 5.73 Å². The lowest BCUT2D eigenvalue weighted by Gasteiger charge is -2.19. The standard InChI is InChI=1S/C15H20.C9H17N/c1-5-7-14(10-12(2)3)15-9-6-8-13(4)11-15;1-5-8(6-7-10)9(2,3)4/h5-12H,1-4H3;5-7H,10H2,1-4H3/b7-5-,14-10+;7-6-,8-5+. The fourth-order valence-electron chi connectivity index (χ4n) is 2.49. The van der Waals surface area contributed by atoms with Crippen molar-refractivity contribution in [3.63, 3.8) is 0 Å². The zero-order chi connectivity index (χ0) is 19.5. The smallest absolute Gasteiger partial charge is 0.00595 e. The van der Waals surface area contributed by atoms with Gasteiger partial charge in [-0.3, -0.25) is 0 Å². The highest BCUT2D eigenvalue weighted by molar-refractivity contribution is 5.74. The van der Waals surface area contributed by atoms with Gasteiger partial charge in [-0.15, -0.1) is 0 Å². The Labute approximate surface area is 156 Å². The predicted molar refractivity (Wildman–Crippen MR) is 115 cm³/mol. The van der Waals surface area contributed by atoms with Crippen LogP contribution >= 0.6 is 0 Å². The van der Waals surface area contributed by atoms with E-state index in [0.29, 0.717) is 5.92 Å². The van der Waals surface area contributed by atoms with Crippen LogP contribution in [-0.4, -0.2) is 0 Å². The molecule has 0 saturated carbocycles. The normalized spacial score (nSPS) is 13.5.